The topological polar surface area (TPSA) is 62.7 Å². The van der Waals surface area contributed by atoms with Crippen LogP contribution in [0.4, 0.5) is 5.13 Å². The summed E-state index contributed by atoms with van der Waals surface area (Å²) >= 11 is 1.67. The minimum Gasteiger partial charge on any atom is -0.476 e. The van der Waals surface area contributed by atoms with Crippen LogP contribution < -0.4 is 9.64 Å². The van der Waals surface area contributed by atoms with E-state index in [1.807, 2.05) is 23.7 Å². The number of thiazole rings is 1. The monoisotopic (exact) mass is 351 g/mol. The van der Waals surface area contributed by atoms with Crippen LogP contribution in [0, 0.1) is 0 Å². The Morgan fingerprint density at radius 3 is 2.78 bits per heavy atom. The maximum absolute atomic E-state index is 11.8. The van der Waals surface area contributed by atoms with Gasteiger partial charge in [-0.15, -0.1) is 11.3 Å². The van der Waals surface area contributed by atoms with Gasteiger partial charge in [0, 0.05) is 44.3 Å². The SMILES string of the molecule is O=S1(=O)COc2cc(CN3CCN(c4nccs4)CC3)ccc21. The van der Waals surface area contributed by atoms with E-state index < -0.39 is 9.84 Å². The summed E-state index contributed by atoms with van der Waals surface area (Å²) in [6, 6.07) is 5.41. The van der Waals surface area contributed by atoms with Gasteiger partial charge in [0.15, 0.2) is 11.1 Å². The lowest BCUT2D eigenvalue weighted by Crippen LogP contribution is -2.45. The Kier molecular flexibility index (Phi) is 3.74. The molecule has 0 aliphatic carbocycles. The van der Waals surface area contributed by atoms with Crippen molar-refractivity contribution in [3.05, 3.63) is 35.3 Å². The molecule has 3 heterocycles. The van der Waals surface area contributed by atoms with Gasteiger partial charge < -0.3 is 9.64 Å². The van der Waals surface area contributed by atoms with E-state index >= 15 is 0 Å². The first-order valence-corrected chi connectivity index (χ1v) is 10.0. The van der Waals surface area contributed by atoms with Gasteiger partial charge in [0.1, 0.15) is 10.6 Å². The zero-order chi connectivity index (χ0) is 15.9. The third-order valence-corrected chi connectivity index (χ3v) is 6.45. The first-order chi connectivity index (χ1) is 11.1. The molecule has 0 saturated carbocycles. The van der Waals surface area contributed by atoms with Crippen LogP contribution in [0.5, 0.6) is 5.75 Å². The van der Waals surface area contributed by atoms with E-state index in [1.165, 1.54) is 0 Å². The second kappa shape index (κ2) is 5.77. The molecule has 0 N–H and O–H groups in total. The van der Waals surface area contributed by atoms with E-state index in [9.17, 15) is 8.42 Å². The fraction of sp³-hybridized carbons (Fsp3) is 0.400. The van der Waals surface area contributed by atoms with Crippen LogP contribution in [-0.2, 0) is 16.4 Å². The highest BCUT2D eigenvalue weighted by atomic mass is 32.2. The molecule has 0 radical (unpaired) electrons. The van der Waals surface area contributed by atoms with Gasteiger partial charge >= 0.3 is 0 Å². The first kappa shape index (κ1) is 14.9. The molecule has 1 saturated heterocycles. The molecule has 1 fully saturated rings. The maximum atomic E-state index is 11.8. The highest BCUT2D eigenvalue weighted by molar-refractivity contribution is 7.91. The van der Waals surface area contributed by atoms with Gasteiger partial charge in [-0.05, 0) is 17.7 Å². The summed E-state index contributed by atoms with van der Waals surface area (Å²) in [5.74, 6) is 0.252. The van der Waals surface area contributed by atoms with Crippen molar-refractivity contribution in [3.63, 3.8) is 0 Å². The molecule has 0 atom stereocenters. The molecular weight excluding hydrogens is 334 g/mol. The Labute approximate surface area is 139 Å². The van der Waals surface area contributed by atoms with Crippen molar-refractivity contribution in [2.75, 3.05) is 37.0 Å². The van der Waals surface area contributed by atoms with Crippen LogP contribution in [0.1, 0.15) is 5.56 Å². The predicted octanol–water partition coefficient (Wildman–Crippen LogP) is 1.59. The predicted molar refractivity (Wildman–Crippen MR) is 88.7 cm³/mol. The summed E-state index contributed by atoms with van der Waals surface area (Å²) in [7, 11) is -3.24. The van der Waals surface area contributed by atoms with Crippen molar-refractivity contribution in [1.29, 1.82) is 0 Å². The normalized spacial score (nSPS) is 20.3. The number of aromatic nitrogens is 1. The molecule has 1 aromatic heterocycles. The number of piperazine rings is 1. The van der Waals surface area contributed by atoms with Crippen LogP contribution >= 0.6 is 11.3 Å². The standard InChI is InChI=1S/C15H17N3O3S2/c19-23(20)11-21-13-9-12(1-2-14(13)23)10-17-4-6-18(7-5-17)15-16-3-8-22-15/h1-3,8-9H,4-7,10-11H2. The molecule has 8 heteroatoms. The van der Waals surface area contributed by atoms with Gasteiger partial charge in [0.2, 0.25) is 9.84 Å². The Morgan fingerprint density at radius 2 is 2.04 bits per heavy atom. The molecule has 1 aromatic carbocycles. The Balaban J connectivity index is 1.40. The third-order valence-electron chi connectivity index (χ3n) is 4.18. The molecule has 2 aromatic rings. The Bertz CT molecular complexity index is 797. The second-order valence-corrected chi connectivity index (χ2v) is 8.51. The molecule has 2 aliphatic heterocycles. The molecule has 122 valence electrons. The molecule has 4 rings (SSSR count). The van der Waals surface area contributed by atoms with Gasteiger partial charge in [-0.2, -0.15) is 0 Å². The lowest BCUT2D eigenvalue weighted by atomic mass is 10.2. The highest BCUT2D eigenvalue weighted by Gasteiger charge is 2.28. The summed E-state index contributed by atoms with van der Waals surface area (Å²) in [6.07, 6.45) is 1.84. The number of benzene rings is 1. The van der Waals surface area contributed by atoms with Crippen molar-refractivity contribution in [2.45, 2.75) is 11.4 Å². The van der Waals surface area contributed by atoms with Crippen LogP contribution in [0.3, 0.4) is 0 Å². The van der Waals surface area contributed by atoms with Crippen LogP contribution in [0.15, 0.2) is 34.7 Å². The van der Waals surface area contributed by atoms with Gasteiger partial charge in [-0.1, -0.05) is 6.07 Å². The number of fused-ring (bicyclic) bond motifs is 1. The number of hydrogen-bond donors (Lipinski definition) is 0. The Morgan fingerprint density at radius 1 is 1.22 bits per heavy atom. The minimum absolute atomic E-state index is 0.238. The molecule has 0 spiro atoms. The zero-order valence-corrected chi connectivity index (χ0v) is 14.1. The summed E-state index contributed by atoms with van der Waals surface area (Å²) in [4.78, 5) is 9.34. The zero-order valence-electron chi connectivity index (χ0n) is 12.5. The van der Waals surface area contributed by atoms with Gasteiger partial charge in [0.05, 0.1) is 0 Å². The summed E-state index contributed by atoms with van der Waals surface area (Å²) in [6.45, 7) is 4.67. The van der Waals surface area contributed by atoms with Gasteiger partial charge in [-0.25, -0.2) is 13.4 Å². The minimum atomic E-state index is -3.24. The van der Waals surface area contributed by atoms with E-state index in [2.05, 4.69) is 14.8 Å². The number of ether oxygens (including phenoxy) is 1. The average molecular weight is 351 g/mol. The molecule has 0 bridgehead atoms. The molecule has 23 heavy (non-hydrogen) atoms. The molecular formula is C15H17N3O3S2. The van der Waals surface area contributed by atoms with Gasteiger partial charge in [0.25, 0.3) is 0 Å². The van der Waals surface area contributed by atoms with E-state index in [-0.39, 0.29) is 5.94 Å². The number of rotatable bonds is 3. The van der Waals surface area contributed by atoms with E-state index in [4.69, 9.17) is 4.74 Å². The second-order valence-electron chi connectivity index (χ2n) is 5.74. The van der Waals surface area contributed by atoms with Crippen molar-refractivity contribution >= 4 is 26.3 Å². The third kappa shape index (κ3) is 2.93. The summed E-state index contributed by atoms with van der Waals surface area (Å²) in [5, 5.41) is 3.08. The summed E-state index contributed by atoms with van der Waals surface area (Å²) in [5.41, 5.74) is 1.09. The molecule has 0 unspecified atom stereocenters. The number of hydrogen-bond acceptors (Lipinski definition) is 7. The smallest absolute Gasteiger partial charge is 0.216 e. The number of nitrogens with zero attached hydrogens (tertiary/aromatic N) is 3. The fourth-order valence-electron chi connectivity index (χ4n) is 2.95. The van der Waals surface area contributed by atoms with E-state index in [1.54, 1.807) is 17.4 Å². The van der Waals surface area contributed by atoms with Crippen LogP contribution in [0.2, 0.25) is 0 Å². The van der Waals surface area contributed by atoms with Crippen molar-refractivity contribution in [3.8, 4) is 5.75 Å². The highest BCUT2D eigenvalue weighted by Crippen LogP contribution is 2.32. The fourth-order valence-corrected chi connectivity index (χ4v) is 4.76. The number of anilines is 1. The van der Waals surface area contributed by atoms with E-state index in [0.717, 1.165) is 43.4 Å². The average Bonchev–Trinajstić information content (AvgIpc) is 3.17. The van der Waals surface area contributed by atoms with Crippen molar-refractivity contribution in [1.82, 2.24) is 9.88 Å². The lowest BCUT2D eigenvalue weighted by molar-refractivity contribution is 0.249. The largest absolute Gasteiger partial charge is 0.476 e. The van der Waals surface area contributed by atoms with Gasteiger partial charge in [-0.3, -0.25) is 4.90 Å². The lowest BCUT2D eigenvalue weighted by Gasteiger charge is -2.34. The molecule has 2 aliphatic rings. The van der Waals surface area contributed by atoms with Crippen molar-refractivity contribution < 1.29 is 13.2 Å². The maximum Gasteiger partial charge on any atom is 0.216 e. The van der Waals surface area contributed by atoms with E-state index in [0.29, 0.717) is 10.6 Å². The summed E-state index contributed by atoms with van der Waals surface area (Å²) < 4.78 is 28.8. The Hall–Kier alpha value is -1.64. The molecule has 6 nitrogen and oxygen atoms in total. The molecule has 0 amide bonds. The van der Waals surface area contributed by atoms with Crippen LogP contribution in [0.25, 0.3) is 0 Å². The quantitative estimate of drug-likeness (QED) is 0.837. The number of sulfone groups is 1. The first-order valence-electron chi connectivity index (χ1n) is 7.47. The van der Waals surface area contributed by atoms with Crippen molar-refractivity contribution in [2.24, 2.45) is 0 Å². The van der Waals surface area contributed by atoms with Crippen LogP contribution in [-0.4, -0.2) is 50.4 Å².